The Labute approximate surface area is 87.3 Å². The summed E-state index contributed by atoms with van der Waals surface area (Å²) in [6.45, 7) is 0. The zero-order chi connectivity index (χ0) is 9.97. The molecular formula is C10H14N2OS. The van der Waals surface area contributed by atoms with E-state index in [1.165, 1.54) is 18.2 Å². The number of thioether (sulfide) groups is 1. The van der Waals surface area contributed by atoms with Crippen LogP contribution in [0.4, 0.5) is 0 Å². The lowest BCUT2D eigenvalue weighted by Gasteiger charge is -2.04. The Hall–Kier alpha value is -0.770. The number of nitrogens with zero attached hydrogens (tertiary/aromatic N) is 1. The van der Waals surface area contributed by atoms with Crippen LogP contribution in [0.2, 0.25) is 0 Å². The van der Waals surface area contributed by atoms with Gasteiger partial charge >= 0.3 is 0 Å². The van der Waals surface area contributed by atoms with Crippen molar-refractivity contribution >= 4 is 11.8 Å². The van der Waals surface area contributed by atoms with Gasteiger partial charge in [0.1, 0.15) is 0 Å². The van der Waals surface area contributed by atoms with E-state index in [4.69, 9.17) is 0 Å². The maximum Gasteiger partial charge on any atom is 0.254 e. The first kappa shape index (κ1) is 9.77. The highest BCUT2D eigenvalue weighted by atomic mass is 32.2. The molecule has 0 aromatic carbocycles. The lowest BCUT2D eigenvalue weighted by molar-refractivity contribution is 0.707. The van der Waals surface area contributed by atoms with E-state index in [9.17, 15) is 4.79 Å². The third kappa shape index (κ3) is 1.85. The minimum Gasteiger partial charge on any atom is -0.301 e. The average molecular weight is 210 g/mol. The Morgan fingerprint density at radius 3 is 2.86 bits per heavy atom. The van der Waals surface area contributed by atoms with Crippen LogP contribution in [0, 0.1) is 0 Å². The molecule has 1 N–H and O–H groups in total. The lowest BCUT2D eigenvalue weighted by Crippen LogP contribution is -2.17. The van der Waals surface area contributed by atoms with Crippen LogP contribution in [0.15, 0.2) is 9.95 Å². The summed E-state index contributed by atoms with van der Waals surface area (Å²) in [7, 11) is 0. The van der Waals surface area contributed by atoms with Gasteiger partial charge in [-0.15, -0.1) is 0 Å². The third-order valence-electron chi connectivity index (χ3n) is 2.61. The second-order valence-corrected chi connectivity index (χ2v) is 4.36. The largest absolute Gasteiger partial charge is 0.301 e. The molecule has 1 heterocycles. The van der Waals surface area contributed by atoms with Gasteiger partial charge in [-0.25, -0.2) is 4.98 Å². The van der Waals surface area contributed by atoms with Crippen molar-refractivity contribution in [3.8, 4) is 0 Å². The average Bonchev–Trinajstić information content (AvgIpc) is 2.42. The molecule has 2 rings (SSSR count). The van der Waals surface area contributed by atoms with Crippen LogP contribution in [0.25, 0.3) is 0 Å². The Morgan fingerprint density at radius 2 is 2.07 bits per heavy atom. The molecule has 1 aromatic heterocycles. The van der Waals surface area contributed by atoms with Crippen molar-refractivity contribution in [2.75, 3.05) is 6.26 Å². The van der Waals surface area contributed by atoms with Crippen molar-refractivity contribution in [3.05, 3.63) is 21.6 Å². The summed E-state index contributed by atoms with van der Waals surface area (Å²) in [6, 6.07) is 0. The first-order valence-electron chi connectivity index (χ1n) is 4.97. The fraction of sp³-hybridized carbons (Fsp3) is 0.600. The lowest BCUT2D eigenvalue weighted by atomic mass is 10.1. The van der Waals surface area contributed by atoms with Crippen molar-refractivity contribution < 1.29 is 0 Å². The number of fused-ring (bicyclic) bond motifs is 1. The minimum atomic E-state index is 0.0706. The molecule has 0 saturated carbocycles. The number of aromatic nitrogens is 2. The number of hydrogen-bond donors (Lipinski definition) is 1. The topological polar surface area (TPSA) is 45.8 Å². The number of nitrogens with one attached hydrogen (secondary N) is 1. The normalized spacial score (nSPS) is 16.1. The zero-order valence-electron chi connectivity index (χ0n) is 8.30. The van der Waals surface area contributed by atoms with Gasteiger partial charge in [0.05, 0.1) is 5.69 Å². The van der Waals surface area contributed by atoms with Gasteiger partial charge in [-0.1, -0.05) is 18.2 Å². The van der Waals surface area contributed by atoms with Gasteiger partial charge in [0.15, 0.2) is 5.16 Å². The van der Waals surface area contributed by atoms with Crippen LogP contribution in [0.5, 0.6) is 0 Å². The van der Waals surface area contributed by atoms with Crippen molar-refractivity contribution in [2.24, 2.45) is 0 Å². The van der Waals surface area contributed by atoms with Gasteiger partial charge in [0, 0.05) is 5.56 Å². The van der Waals surface area contributed by atoms with E-state index in [1.54, 1.807) is 0 Å². The number of H-pyrrole nitrogens is 1. The predicted molar refractivity (Wildman–Crippen MR) is 57.9 cm³/mol. The number of aromatic amines is 1. The number of aryl methyl sites for hydroxylation is 1. The van der Waals surface area contributed by atoms with Gasteiger partial charge in [0.2, 0.25) is 0 Å². The van der Waals surface area contributed by atoms with E-state index in [0.29, 0.717) is 0 Å². The highest BCUT2D eigenvalue weighted by Crippen LogP contribution is 2.17. The Balaban J connectivity index is 2.48. The number of rotatable bonds is 1. The van der Waals surface area contributed by atoms with Gasteiger partial charge in [-0.2, -0.15) is 0 Å². The molecule has 14 heavy (non-hydrogen) atoms. The Kier molecular flexibility index (Phi) is 2.91. The van der Waals surface area contributed by atoms with E-state index >= 15 is 0 Å². The maximum atomic E-state index is 11.7. The maximum absolute atomic E-state index is 11.7. The van der Waals surface area contributed by atoms with Crippen LogP contribution >= 0.6 is 11.8 Å². The van der Waals surface area contributed by atoms with Crippen LogP contribution in [-0.2, 0) is 12.8 Å². The molecule has 3 nitrogen and oxygen atoms in total. The van der Waals surface area contributed by atoms with Crippen LogP contribution in [0.3, 0.4) is 0 Å². The molecule has 0 radical (unpaired) electrons. The van der Waals surface area contributed by atoms with Gasteiger partial charge in [-0.05, 0) is 31.9 Å². The van der Waals surface area contributed by atoms with Crippen molar-refractivity contribution in [3.63, 3.8) is 0 Å². The Morgan fingerprint density at radius 1 is 1.29 bits per heavy atom. The molecule has 0 aliphatic heterocycles. The Bertz CT molecular complexity index is 386. The van der Waals surface area contributed by atoms with Crippen LogP contribution in [-0.4, -0.2) is 16.2 Å². The summed E-state index contributed by atoms with van der Waals surface area (Å²) in [4.78, 5) is 19.0. The zero-order valence-corrected chi connectivity index (χ0v) is 9.12. The molecule has 1 aliphatic carbocycles. The summed E-state index contributed by atoms with van der Waals surface area (Å²) in [6.07, 6.45) is 7.29. The molecule has 0 saturated heterocycles. The van der Waals surface area contributed by atoms with Gasteiger partial charge < -0.3 is 4.98 Å². The SMILES string of the molecule is CSc1nc2c(c(=O)[nH]1)CCCCC2. The molecule has 0 amide bonds. The summed E-state index contributed by atoms with van der Waals surface area (Å²) in [5, 5.41) is 0.746. The second kappa shape index (κ2) is 4.17. The summed E-state index contributed by atoms with van der Waals surface area (Å²) >= 11 is 1.50. The van der Waals surface area contributed by atoms with E-state index < -0.39 is 0 Å². The quantitative estimate of drug-likeness (QED) is 0.436. The molecule has 76 valence electrons. The molecule has 1 aromatic rings. The molecule has 0 unspecified atom stereocenters. The van der Waals surface area contributed by atoms with E-state index in [2.05, 4.69) is 9.97 Å². The summed E-state index contributed by atoms with van der Waals surface area (Å²) < 4.78 is 0. The number of hydrogen-bond acceptors (Lipinski definition) is 3. The van der Waals surface area contributed by atoms with Gasteiger partial charge in [-0.3, -0.25) is 4.79 Å². The standard InChI is InChI=1S/C10H14N2OS/c1-14-10-11-8-6-4-2-3-5-7(8)9(13)12-10/h2-6H2,1H3,(H,11,12,13). The highest BCUT2D eigenvalue weighted by molar-refractivity contribution is 7.98. The molecular weight excluding hydrogens is 196 g/mol. The van der Waals surface area contributed by atoms with Crippen molar-refractivity contribution in [1.29, 1.82) is 0 Å². The predicted octanol–water partition coefficient (Wildman–Crippen LogP) is 1.76. The fourth-order valence-electron chi connectivity index (χ4n) is 1.85. The third-order valence-corrected chi connectivity index (χ3v) is 3.19. The van der Waals surface area contributed by atoms with Crippen molar-refractivity contribution in [1.82, 2.24) is 9.97 Å². The first-order valence-corrected chi connectivity index (χ1v) is 6.20. The highest BCUT2D eigenvalue weighted by Gasteiger charge is 2.13. The van der Waals surface area contributed by atoms with E-state index in [0.717, 1.165) is 42.1 Å². The molecule has 0 fully saturated rings. The van der Waals surface area contributed by atoms with E-state index in [1.807, 2.05) is 6.26 Å². The summed E-state index contributed by atoms with van der Waals surface area (Å²) in [5.74, 6) is 0. The van der Waals surface area contributed by atoms with E-state index in [-0.39, 0.29) is 5.56 Å². The fourth-order valence-corrected chi connectivity index (χ4v) is 2.25. The monoisotopic (exact) mass is 210 g/mol. The molecule has 4 heteroatoms. The molecule has 0 spiro atoms. The second-order valence-electron chi connectivity index (χ2n) is 3.56. The molecule has 1 aliphatic rings. The molecule has 0 atom stereocenters. The first-order chi connectivity index (χ1) is 6.81. The smallest absolute Gasteiger partial charge is 0.254 e. The molecule has 0 bridgehead atoms. The minimum absolute atomic E-state index is 0.0706. The van der Waals surface area contributed by atoms with Crippen LogP contribution < -0.4 is 5.56 Å². The van der Waals surface area contributed by atoms with Gasteiger partial charge in [0.25, 0.3) is 5.56 Å². The van der Waals surface area contributed by atoms with Crippen LogP contribution in [0.1, 0.15) is 30.5 Å². The van der Waals surface area contributed by atoms with Crippen molar-refractivity contribution in [2.45, 2.75) is 37.3 Å². The summed E-state index contributed by atoms with van der Waals surface area (Å²) in [5.41, 5.74) is 2.01.